The Kier molecular flexibility index (Phi) is 11.8. The normalized spacial score (nSPS) is 19.7. The molecule has 2 aromatic carbocycles. The van der Waals surface area contributed by atoms with Crippen LogP contribution in [0.25, 0.3) is 22.2 Å². The third kappa shape index (κ3) is 8.31. The fraction of sp³-hybridized carbons (Fsp3) is 0.490. The SMILES string of the molecule is CC(=O)N1CCc2c(c(N3CCCc4cc(-c5cnn(C)c5)c(C(F)F)cc43)nn2C2CCN(C(=O)CN3CCC(C#Cc4cccc5c4n(C)c(=O)n5C4CCC(=O)NC4=O)CC3)CC2)C1. The molecular weight excluding hydrogens is 861 g/mol. The number of hydrogen-bond acceptors (Lipinski definition) is 9. The van der Waals surface area contributed by atoms with Crippen molar-refractivity contribution in [2.45, 2.75) is 89.8 Å². The Labute approximate surface area is 386 Å². The van der Waals surface area contributed by atoms with Gasteiger partial charge >= 0.3 is 5.69 Å². The van der Waals surface area contributed by atoms with Gasteiger partial charge in [0.1, 0.15) is 6.04 Å². The lowest BCUT2D eigenvalue weighted by Crippen LogP contribution is -2.46. The number of para-hydroxylation sites is 1. The van der Waals surface area contributed by atoms with Crippen LogP contribution in [0.5, 0.6) is 0 Å². The summed E-state index contributed by atoms with van der Waals surface area (Å²) < 4.78 is 36.2. The summed E-state index contributed by atoms with van der Waals surface area (Å²) in [7, 11) is 3.44. The third-order valence-corrected chi connectivity index (χ3v) is 14.5. The summed E-state index contributed by atoms with van der Waals surface area (Å²) in [5, 5.41) is 11.9. The Balaban J connectivity index is 0.797. The van der Waals surface area contributed by atoms with Gasteiger partial charge in [-0.15, -0.1) is 0 Å². The fourth-order valence-corrected chi connectivity index (χ4v) is 10.9. The van der Waals surface area contributed by atoms with Crippen LogP contribution in [0.4, 0.5) is 20.3 Å². The number of alkyl halides is 2. The average molecular weight is 916 g/mol. The standard InChI is InChI=1S/C49H55F2N11O5/c1-30(63)59-23-17-39-38(28-59)47(60-18-5-7-33-24-36(34-26-52-55(2)27-34)37(46(50)51)25-42(33)60)54-62(39)35-15-21-58(22-16-35)44(65)29-57-19-13-31(14-20-57)9-10-32-6-4-8-40-45(32)56(3)49(67)61(40)41-11-12-43(64)53-48(41)66/h4,6,8,24-27,31,35,41,46H,5,7,11-23,28-29H2,1-3H3,(H,53,64,66). The van der Waals surface area contributed by atoms with Crippen LogP contribution in [0, 0.1) is 17.8 Å². The molecular formula is C49H55F2N11O5. The predicted molar refractivity (Wildman–Crippen MR) is 245 cm³/mol. The maximum atomic E-state index is 14.7. The molecule has 0 bridgehead atoms. The molecule has 1 N–H and O–H groups in total. The van der Waals surface area contributed by atoms with Crippen LogP contribution in [0.1, 0.15) is 98.3 Å². The topological polar surface area (TPSA) is 156 Å². The predicted octanol–water partition coefficient (Wildman–Crippen LogP) is 4.77. The fourth-order valence-electron chi connectivity index (χ4n) is 10.9. The molecule has 3 fully saturated rings. The molecule has 0 saturated carbocycles. The van der Waals surface area contributed by atoms with Gasteiger partial charge in [-0.1, -0.05) is 17.9 Å². The summed E-state index contributed by atoms with van der Waals surface area (Å²) in [6.07, 6.45) is 6.39. The van der Waals surface area contributed by atoms with Crippen LogP contribution in [-0.2, 0) is 52.7 Å². The molecule has 67 heavy (non-hydrogen) atoms. The maximum Gasteiger partial charge on any atom is 0.329 e. The lowest BCUT2D eigenvalue weighted by Gasteiger charge is -2.36. The first kappa shape index (κ1) is 44.2. The van der Waals surface area contributed by atoms with Crippen LogP contribution in [0.3, 0.4) is 0 Å². The molecule has 1 atom stereocenters. The van der Waals surface area contributed by atoms with Crippen molar-refractivity contribution >= 4 is 46.2 Å². The number of piperidine rings is 3. The van der Waals surface area contributed by atoms with Crippen LogP contribution < -0.4 is 15.9 Å². The number of halogens is 2. The van der Waals surface area contributed by atoms with Crippen LogP contribution in [0.2, 0.25) is 0 Å². The van der Waals surface area contributed by atoms with Crippen LogP contribution >= 0.6 is 0 Å². The highest BCUT2D eigenvalue weighted by Crippen LogP contribution is 2.44. The Morgan fingerprint density at radius 2 is 1.72 bits per heavy atom. The molecule has 5 aliphatic rings. The van der Waals surface area contributed by atoms with Gasteiger partial charge in [0.15, 0.2) is 5.82 Å². The number of carbonyl (C=O) groups is 4. The molecule has 10 rings (SSSR count). The summed E-state index contributed by atoms with van der Waals surface area (Å²) in [4.78, 5) is 72.3. The minimum Gasteiger partial charge on any atom is -0.341 e. The second-order valence-corrected chi connectivity index (χ2v) is 18.7. The number of rotatable bonds is 7. The summed E-state index contributed by atoms with van der Waals surface area (Å²) in [5.41, 5.74) is 6.45. The van der Waals surface area contributed by atoms with Gasteiger partial charge < -0.3 is 14.7 Å². The van der Waals surface area contributed by atoms with E-state index in [2.05, 4.69) is 36.7 Å². The number of benzene rings is 2. The zero-order valence-electron chi connectivity index (χ0n) is 38.1. The minimum absolute atomic E-state index is 0.0168. The van der Waals surface area contributed by atoms with E-state index in [-0.39, 0.29) is 53.8 Å². The van der Waals surface area contributed by atoms with Crippen molar-refractivity contribution in [3.63, 3.8) is 0 Å². The van der Waals surface area contributed by atoms with Gasteiger partial charge in [-0.25, -0.2) is 13.6 Å². The molecule has 3 aromatic heterocycles. The monoisotopic (exact) mass is 915 g/mol. The number of anilines is 2. The van der Waals surface area contributed by atoms with E-state index < -0.39 is 18.4 Å². The second kappa shape index (κ2) is 17.9. The van der Waals surface area contributed by atoms with Crippen LogP contribution in [0.15, 0.2) is 47.5 Å². The Morgan fingerprint density at radius 3 is 2.43 bits per heavy atom. The zero-order chi connectivity index (χ0) is 46.7. The second-order valence-electron chi connectivity index (χ2n) is 18.7. The number of amides is 4. The number of fused-ring (bicyclic) bond motifs is 3. The van der Waals surface area contributed by atoms with E-state index in [0.29, 0.717) is 73.4 Å². The molecule has 0 spiro atoms. The van der Waals surface area contributed by atoms with Gasteiger partial charge in [0, 0.05) is 100 Å². The molecule has 5 aliphatic heterocycles. The summed E-state index contributed by atoms with van der Waals surface area (Å²) in [5.74, 6) is 6.85. The molecule has 0 radical (unpaired) electrons. The number of aromatic nitrogens is 6. The van der Waals surface area contributed by atoms with E-state index in [1.807, 2.05) is 28.0 Å². The van der Waals surface area contributed by atoms with Gasteiger partial charge in [-0.2, -0.15) is 10.2 Å². The van der Waals surface area contributed by atoms with E-state index in [9.17, 15) is 32.8 Å². The van der Waals surface area contributed by atoms with E-state index in [1.54, 1.807) is 50.2 Å². The summed E-state index contributed by atoms with van der Waals surface area (Å²) >= 11 is 0. The van der Waals surface area contributed by atoms with E-state index in [0.717, 1.165) is 79.9 Å². The van der Waals surface area contributed by atoms with Crippen molar-refractivity contribution in [3.8, 4) is 23.0 Å². The number of likely N-dealkylation sites (tertiary alicyclic amines) is 2. The lowest BCUT2D eigenvalue weighted by molar-refractivity contribution is -0.136. The molecule has 16 nitrogen and oxygen atoms in total. The van der Waals surface area contributed by atoms with Crippen molar-refractivity contribution in [1.82, 2.24) is 48.7 Å². The molecule has 4 amide bonds. The van der Waals surface area contributed by atoms with Gasteiger partial charge in [0.05, 0.1) is 41.9 Å². The smallest absolute Gasteiger partial charge is 0.329 e. The maximum absolute atomic E-state index is 14.7. The van der Waals surface area contributed by atoms with Gasteiger partial charge in [-0.05, 0) is 93.4 Å². The van der Waals surface area contributed by atoms with Gasteiger partial charge in [0.2, 0.25) is 23.6 Å². The molecule has 8 heterocycles. The van der Waals surface area contributed by atoms with Crippen molar-refractivity contribution in [1.29, 1.82) is 0 Å². The quantitative estimate of drug-likeness (QED) is 0.180. The number of aryl methyl sites for hydroxylation is 3. The van der Waals surface area contributed by atoms with Crippen molar-refractivity contribution < 1.29 is 28.0 Å². The molecule has 18 heteroatoms. The first-order valence-electron chi connectivity index (χ1n) is 23.5. The molecule has 1 unspecified atom stereocenters. The number of nitrogens with one attached hydrogen (secondary N) is 1. The zero-order valence-corrected chi connectivity index (χ0v) is 38.1. The highest BCUT2D eigenvalue weighted by atomic mass is 19.3. The highest BCUT2D eigenvalue weighted by molar-refractivity contribution is 6.00. The summed E-state index contributed by atoms with van der Waals surface area (Å²) in [6, 6.07) is 8.30. The number of carbonyl (C=O) groups excluding carboxylic acids is 4. The highest BCUT2D eigenvalue weighted by Gasteiger charge is 2.36. The van der Waals surface area contributed by atoms with E-state index in [1.165, 1.54) is 9.13 Å². The minimum atomic E-state index is -2.69. The first-order valence-corrected chi connectivity index (χ1v) is 23.5. The summed E-state index contributed by atoms with van der Waals surface area (Å²) in [6.45, 7) is 6.16. The molecule has 0 aliphatic carbocycles. The Morgan fingerprint density at radius 1 is 0.925 bits per heavy atom. The molecule has 350 valence electrons. The Hall–Kier alpha value is -6.61. The molecule has 5 aromatic rings. The van der Waals surface area contributed by atoms with Crippen molar-refractivity contribution in [2.24, 2.45) is 20.0 Å². The number of imide groups is 1. The third-order valence-electron chi connectivity index (χ3n) is 14.5. The average Bonchev–Trinajstić information content (AvgIpc) is 4.01. The number of imidazole rings is 1. The van der Waals surface area contributed by atoms with Crippen LogP contribution in [-0.4, -0.2) is 113 Å². The largest absolute Gasteiger partial charge is 0.341 e. The van der Waals surface area contributed by atoms with E-state index >= 15 is 0 Å². The van der Waals surface area contributed by atoms with Crippen molar-refractivity contribution in [2.75, 3.05) is 50.7 Å². The van der Waals surface area contributed by atoms with E-state index in [4.69, 9.17) is 5.10 Å². The Bertz CT molecular complexity index is 2920. The van der Waals surface area contributed by atoms with Gasteiger partial charge in [0.25, 0.3) is 6.43 Å². The van der Waals surface area contributed by atoms with Crippen molar-refractivity contribution in [3.05, 3.63) is 81.2 Å². The number of hydrogen-bond donors (Lipinski definition) is 1. The lowest BCUT2D eigenvalue weighted by atomic mass is 9.92. The first-order chi connectivity index (χ1) is 32.3. The molecule has 3 saturated heterocycles. The van der Waals surface area contributed by atoms with Gasteiger partial charge in [-0.3, -0.25) is 47.9 Å². The number of nitrogens with zero attached hydrogens (tertiary/aromatic N) is 10.